The van der Waals surface area contributed by atoms with Gasteiger partial charge in [-0.05, 0) is 35.0 Å². The van der Waals surface area contributed by atoms with Crippen molar-refractivity contribution in [1.29, 1.82) is 0 Å². The van der Waals surface area contributed by atoms with Gasteiger partial charge in [-0.25, -0.2) is 20.2 Å². The predicted octanol–water partition coefficient (Wildman–Crippen LogP) is 3.28. The van der Waals surface area contributed by atoms with Crippen LogP contribution in [-0.2, 0) is 6.42 Å². The number of nitrogens with zero attached hydrogens (tertiary/aromatic N) is 2. The minimum absolute atomic E-state index is 0.333. The molecule has 0 amide bonds. The largest absolute Gasteiger partial charge is 0.337 e. The molecule has 2 aromatic rings. The topological polar surface area (TPSA) is 75.9 Å². The van der Waals surface area contributed by atoms with Gasteiger partial charge in [0.15, 0.2) is 0 Å². The van der Waals surface area contributed by atoms with E-state index in [1.54, 1.807) is 12.1 Å². The quantitative estimate of drug-likeness (QED) is 0.588. The smallest absolute Gasteiger partial charge is 0.148 e. The number of benzene rings is 1. The summed E-state index contributed by atoms with van der Waals surface area (Å²) in [7, 11) is 0. The van der Waals surface area contributed by atoms with Gasteiger partial charge in [-0.15, -0.1) is 0 Å². The number of nitrogens with two attached hydrogens (primary N) is 1. The van der Waals surface area contributed by atoms with E-state index in [0.29, 0.717) is 34.0 Å². The van der Waals surface area contributed by atoms with Crippen LogP contribution in [0.2, 0.25) is 0 Å². The monoisotopic (exact) mass is 339 g/mol. The summed E-state index contributed by atoms with van der Waals surface area (Å²) in [6.45, 7) is 3.75. The SMILES string of the molecule is CCc1nc(NN)c(C)c(Nc2c(F)cccc2Br)n1. The van der Waals surface area contributed by atoms with Crippen LogP contribution >= 0.6 is 15.9 Å². The standard InChI is InChI=1S/C13H15BrFN5/c1-3-10-17-12(7(2)13(18-10)20-16)19-11-8(14)5-4-6-9(11)15/h4-6H,3,16H2,1-2H3,(H2,17,18,19,20). The van der Waals surface area contributed by atoms with E-state index in [0.717, 1.165) is 5.56 Å². The van der Waals surface area contributed by atoms with Crippen LogP contribution in [-0.4, -0.2) is 9.97 Å². The number of aromatic nitrogens is 2. The molecule has 106 valence electrons. The Morgan fingerprint density at radius 3 is 2.60 bits per heavy atom. The highest BCUT2D eigenvalue weighted by Gasteiger charge is 2.13. The van der Waals surface area contributed by atoms with Gasteiger partial charge in [0.1, 0.15) is 23.3 Å². The van der Waals surface area contributed by atoms with Crippen molar-refractivity contribution in [3.8, 4) is 0 Å². The molecule has 0 atom stereocenters. The molecule has 0 fully saturated rings. The fraction of sp³-hybridized carbons (Fsp3) is 0.231. The molecule has 1 aromatic carbocycles. The molecule has 0 aliphatic rings. The zero-order chi connectivity index (χ0) is 14.7. The second kappa shape index (κ2) is 6.15. The van der Waals surface area contributed by atoms with Gasteiger partial charge in [-0.1, -0.05) is 13.0 Å². The van der Waals surface area contributed by atoms with E-state index in [2.05, 4.69) is 36.6 Å². The van der Waals surface area contributed by atoms with Gasteiger partial charge < -0.3 is 10.7 Å². The fourth-order valence-electron chi connectivity index (χ4n) is 1.72. The van der Waals surface area contributed by atoms with Gasteiger partial charge in [0.2, 0.25) is 0 Å². The molecule has 1 aromatic heterocycles. The van der Waals surface area contributed by atoms with Gasteiger partial charge in [0, 0.05) is 16.5 Å². The van der Waals surface area contributed by atoms with E-state index in [1.807, 2.05) is 13.8 Å². The maximum atomic E-state index is 13.9. The van der Waals surface area contributed by atoms with E-state index >= 15 is 0 Å². The highest BCUT2D eigenvalue weighted by molar-refractivity contribution is 9.10. The van der Waals surface area contributed by atoms with Crippen molar-refractivity contribution in [3.05, 3.63) is 39.9 Å². The summed E-state index contributed by atoms with van der Waals surface area (Å²) in [5.74, 6) is 6.75. The van der Waals surface area contributed by atoms with Crippen LogP contribution < -0.4 is 16.6 Å². The predicted molar refractivity (Wildman–Crippen MR) is 81.3 cm³/mol. The summed E-state index contributed by atoms with van der Waals surface area (Å²) in [5, 5.41) is 2.99. The first kappa shape index (κ1) is 14.7. The average Bonchev–Trinajstić information content (AvgIpc) is 2.44. The summed E-state index contributed by atoms with van der Waals surface area (Å²) in [6.07, 6.45) is 0.655. The van der Waals surface area contributed by atoms with Crippen molar-refractivity contribution in [3.63, 3.8) is 0 Å². The number of nitrogen functional groups attached to an aromatic ring is 1. The molecule has 20 heavy (non-hydrogen) atoms. The lowest BCUT2D eigenvalue weighted by Gasteiger charge is -2.14. The lowest BCUT2D eigenvalue weighted by Crippen LogP contribution is -2.14. The molecule has 0 spiro atoms. The van der Waals surface area contributed by atoms with Crippen LogP contribution in [0, 0.1) is 12.7 Å². The van der Waals surface area contributed by atoms with Crippen molar-refractivity contribution < 1.29 is 4.39 Å². The van der Waals surface area contributed by atoms with Crippen molar-refractivity contribution in [2.24, 2.45) is 5.84 Å². The molecule has 5 nitrogen and oxygen atoms in total. The van der Waals surface area contributed by atoms with Crippen molar-refractivity contribution in [2.45, 2.75) is 20.3 Å². The Morgan fingerprint density at radius 1 is 1.30 bits per heavy atom. The summed E-state index contributed by atoms with van der Waals surface area (Å²) >= 11 is 3.31. The van der Waals surface area contributed by atoms with Crippen molar-refractivity contribution in [1.82, 2.24) is 9.97 Å². The first-order valence-electron chi connectivity index (χ1n) is 6.12. The Hall–Kier alpha value is -1.73. The molecular formula is C13H15BrFN5. The first-order valence-corrected chi connectivity index (χ1v) is 6.91. The molecule has 0 aliphatic carbocycles. The Kier molecular flexibility index (Phi) is 4.51. The molecule has 0 radical (unpaired) electrons. The third-order valence-electron chi connectivity index (χ3n) is 2.85. The van der Waals surface area contributed by atoms with Crippen molar-refractivity contribution >= 4 is 33.3 Å². The van der Waals surface area contributed by atoms with E-state index in [9.17, 15) is 4.39 Å². The van der Waals surface area contributed by atoms with E-state index in [-0.39, 0.29) is 5.82 Å². The Bertz CT molecular complexity index is 612. The van der Waals surface area contributed by atoms with Gasteiger partial charge in [-0.3, -0.25) is 0 Å². The molecule has 0 saturated carbocycles. The van der Waals surface area contributed by atoms with Crippen LogP contribution in [0.4, 0.5) is 21.7 Å². The van der Waals surface area contributed by atoms with E-state index in [1.165, 1.54) is 6.07 Å². The summed E-state index contributed by atoms with van der Waals surface area (Å²) in [4.78, 5) is 8.64. The average molecular weight is 340 g/mol. The fourth-order valence-corrected chi connectivity index (χ4v) is 2.16. The molecule has 4 N–H and O–H groups in total. The lowest BCUT2D eigenvalue weighted by atomic mass is 10.2. The number of hydrogen-bond acceptors (Lipinski definition) is 5. The molecule has 7 heteroatoms. The highest BCUT2D eigenvalue weighted by Crippen LogP contribution is 2.30. The normalized spacial score (nSPS) is 10.4. The van der Waals surface area contributed by atoms with Crippen LogP contribution in [0.5, 0.6) is 0 Å². The van der Waals surface area contributed by atoms with Gasteiger partial charge in [-0.2, -0.15) is 0 Å². The minimum Gasteiger partial charge on any atom is -0.337 e. The number of para-hydroxylation sites is 1. The number of rotatable bonds is 4. The third kappa shape index (κ3) is 2.88. The zero-order valence-corrected chi connectivity index (χ0v) is 12.8. The molecule has 2 rings (SSSR count). The lowest BCUT2D eigenvalue weighted by molar-refractivity contribution is 0.631. The summed E-state index contributed by atoms with van der Waals surface area (Å²) in [5.41, 5.74) is 3.58. The number of hydrogen-bond donors (Lipinski definition) is 3. The first-order chi connectivity index (χ1) is 9.56. The van der Waals surface area contributed by atoms with Crippen LogP contribution in [0.25, 0.3) is 0 Å². The van der Waals surface area contributed by atoms with Crippen LogP contribution in [0.3, 0.4) is 0 Å². The summed E-state index contributed by atoms with van der Waals surface area (Å²) < 4.78 is 14.5. The maximum Gasteiger partial charge on any atom is 0.148 e. The van der Waals surface area contributed by atoms with E-state index < -0.39 is 0 Å². The second-order valence-corrected chi connectivity index (χ2v) is 5.04. The molecule has 0 bridgehead atoms. The number of nitrogens with one attached hydrogen (secondary N) is 2. The summed E-state index contributed by atoms with van der Waals surface area (Å²) in [6, 6.07) is 4.76. The highest BCUT2D eigenvalue weighted by atomic mass is 79.9. The number of anilines is 3. The van der Waals surface area contributed by atoms with Crippen molar-refractivity contribution in [2.75, 3.05) is 10.7 Å². The van der Waals surface area contributed by atoms with Gasteiger partial charge in [0.25, 0.3) is 0 Å². The molecule has 0 unspecified atom stereocenters. The van der Waals surface area contributed by atoms with E-state index in [4.69, 9.17) is 5.84 Å². The molecule has 0 saturated heterocycles. The number of hydrazine groups is 1. The minimum atomic E-state index is -0.363. The Labute approximate surface area is 124 Å². The van der Waals surface area contributed by atoms with Crippen LogP contribution in [0.15, 0.2) is 22.7 Å². The number of aryl methyl sites for hydroxylation is 1. The van der Waals surface area contributed by atoms with Gasteiger partial charge in [0.05, 0.1) is 5.69 Å². The molecular weight excluding hydrogens is 325 g/mol. The Morgan fingerprint density at radius 2 is 2.00 bits per heavy atom. The zero-order valence-electron chi connectivity index (χ0n) is 11.2. The van der Waals surface area contributed by atoms with Gasteiger partial charge >= 0.3 is 0 Å². The number of halogens is 2. The Balaban J connectivity index is 2.48. The second-order valence-electron chi connectivity index (χ2n) is 4.18. The molecule has 0 aliphatic heterocycles. The van der Waals surface area contributed by atoms with Crippen LogP contribution in [0.1, 0.15) is 18.3 Å². The molecule has 1 heterocycles. The third-order valence-corrected chi connectivity index (χ3v) is 3.51. The maximum absolute atomic E-state index is 13.9.